The number of rotatable bonds is 12. The second-order valence-electron chi connectivity index (χ2n) is 16.3. The molecule has 0 unspecified atom stereocenters. The van der Waals surface area contributed by atoms with E-state index in [2.05, 4.69) is 55.8 Å². The van der Waals surface area contributed by atoms with E-state index in [1.165, 1.54) is 29.5 Å². The minimum absolute atomic E-state index is 0.261. The van der Waals surface area contributed by atoms with Gasteiger partial charge in [-0.15, -0.1) is 0 Å². The van der Waals surface area contributed by atoms with Crippen molar-refractivity contribution >= 4 is 63.1 Å². The number of fused-ring (bicyclic) bond motifs is 1. The molecule has 12 heteroatoms. The molecule has 0 atom stereocenters. The highest BCUT2D eigenvalue weighted by molar-refractivity contribution is 7.98. The first-order chi connectivity index (χ1) is 27.7. The van der Waals surface area contributed by atoms with Crippen molar-refractivity contribution in [3.63, 3.8) is 0 Å². The van der Waals surface area contributed by atoms with Gasteiger partial charge in [0, 0.05) is 85.7 Å². The van der Waals surface area contributed by atoms with Crippen molar-refractivity contribution in [3.8, 4) is 11.5 Å². The van der Waals surface area contributed by atoms with Crippen LogP contribution < -0.4 is 25.4 Å². The van der Waals surface area contributed by atoms with Gasteiger partial charge in [0.05, 0.1) is 23.1 Å². The maximum absolute atomic E-state index is 13.8. The van der Waals surface area contributed by atoms with Crippen LogP contribution in [0.1, 0.15) is 61.9 Å². The van der Waals surface area contributed by atoms with E-state index in [1.807, 2.05) is 66.9 Å². The van der Waals surface area contributed by atoms with Crippen LogP contribution in [0.5, 0.6) is 11.5 Å². The smallest absolute Gasteiger partial charge is 0.265 e. The number of aromatic nitrogens is 2. The van der Waals surface area contributed by atoms with E-state index in [1.54, 1.807) is 11.8 Å². The van der Waals surface area contributed by atoms with E-state index in [9.17, 15) is 4.79 Å². The number of allylic oxidation sites excluding steroid dienone is 1. The highest BCUT2D eigenvalue weighted by Gasteiger charge is 2.30. The van der Waals surface area contributed by atoms with Crippen molar-refractivity contribution in [2.24, 2.45) is 11.3 Å². The number of anilines is 3. The predicted molar refractivity (Wildman–Crippen MR) is 233 cm³/mol. The molecular weight excluding hydrogens is 754 g/mol. The number of hydrogen-bond acceptors (Lipinski definition) is 9. The Kier molecular flexibility index (Phi) is 12.0. The fourth-order valence-corrected chi connectivity index (χ4v) is 8.88. The molecule has 298 valence electrons. The predicted octanol–water partition coefficient (Wildman–Crippen LogP) is 9.65. The van der Waals surface area contributed by atoms with E-state index in [4.69, 9.17) is 26.8 Å². The lowest BCUT2D eigenvalue weighted by Crippen LogP contribution is -2.47. The Hall–Kier alpha value is -4.68. The average Bonchev–Trinajstić information content (AvgIpc) is 3.69. The number of piperazine rings is 1. The summed E-state index contributed by atoms with van der Waals surface area (Å²) < 4.78 is 15.0. The molecule has 2 saturated heterocycles. The normalized spacial score (nSPS) is 17.8. The summed E-state index contributed by atoms with van der Waals surface area (Å²) in [7, 11) is 0. The zero-order valence-corrected chi connectivity index (χ0v) is 34.4. The molecule has 5 aromatic rings. The number of nitrogens with two attached hydrogens (primary N) is 1. The molecule has 8 rings (SSSR count). The molecule has 1 aliphatic carbocycles. The van der Waals surface area contributed by atoms with E-state index in [0.717, 1.165) is 110 Å². The summed E-state index contributed by atoms with van der Waals surface area (Å²) in [6, 6.07) is 23.9. The number of nitrogens with zero attached hydrogens (tertiary/aromatic N) is 3. The number of ether oxygens (including phenoxy) is 2. The summed E-state index contributed by atoms with van der Waals surface area (Å²) in [5.74, 6) is 1.34. The average molecular weight is 806 g/mol. The molecular formula is C45H52ClN7O3S. The summed E-state index contributed by atoms with van der Waals surface area (Å²) in [4.78, 5) is 27.3. The van der Waals surface area contributed by atoms with Gasteiger partial charge in [-0.05, 0) is 121 Å². The van der Waals surface area contributed by atoms with Crippen molar-refractivity contribution in [2.45, 2.75) is 50.8 Å². The molecule has 0 bridgehead atoms. The molecule has 2 aliphatic heterocycles. The third-order valence-corrected chi connectivity index (χ3v) is 12.6. The highest BCUT2D eigenvalue weighted by atomic mass is 35.5. The fourth-order valence-electron chi connectivity index (χ4n) is 8.11. The largest absolute Gasteiger partial charge is 0.455 e. The van der Waals surface area contributed by atoms with E-state index < -0.39 is 0 Å². The number of hydrogen-bond donors (Lipinski definition) is 4. The van der Waals surface area contributed by atoms with Gasteiger partial charge in [0.15, 0.2) is 0 Å². The molecule has 2 aromatic heterocycles. The SMILES string of the molecule is CC1(C)CCC(CN2CCN(c3ccc(C(=O)NSc4ccc(NCC5CCOCC5)c(N)c4)c(Oc4cnc5[nH]ccc5c4)c3)CC2)=C(c2ccc(Cl)cc2)C1. The molecule has 0 spiro atoms. The van der Waals surface area contributed by atoms with Gasteiger partial charge in [0.1, 0.15) is 17.1 Å². The highest BCUT2D eigenvalue weighted by Crippen LogP contribution is 2.43. The number of pyridine rings is 1. The number of benzene rings is 3. The molecule has 3 aromatic carbocycles. The quantitative estimate of drug-likeness (QED) is 0.0722. The second-order valence-corrected chi connectivity index (χ2v) is 17.6. The monoisotopic (exact) mass is 805 g/mol. The van der Waals surface area contributed by atoms with Gasteiger partial charge in [-0.2, -0.15) is 0 Å². The van der Waals surface area contributed by atoms with Gasteiger partial charge in [0.25, 0.3) is 5.91 Å². The van der Waals surface area contributed by atoms with E-state index >= 15 is 0 Å². The minimum Gasteiger partial charge on any atom is -0.455 e. The fraction of sp³-hybridized carbons (Fsp3) is 0.378. The lowest BCUT2D eigenvalue weighted by Gasteiger charge is -2.39. The molecule has 2 fully saturated rings. The molecule has 57 heavy (non-hydrogen) atoms. The number of carbonyl (C=O) groups is 1. The maximum atomic E-state index is 13.8. The van der Waals surface area contributed by atoms with Crippen LogP contribution in [0.3, 0.4) is 0 Å². The van der Waals surface area contributed by atoms with E-state index in [0.29, 0.717) is 28.7 Å². The summed E-state index contributed by atoms with van der Waals surface area (Å²) in [5.41, 5.74) is 14.8. The van der Waals surface area contributed by atoms with Gasteiger partial charge in [-0.25, -0.2) is 4.98 Å². The van der Waals surface area contributed by atoms with Gasteiger partial charge in [0.2, 0.25) is 0 Å². The third kappa shape index (κ3) is 9.72. The van der Waals surface area contributed by atoms with Crippen LogP contribution in [0.25, 0.3) is 16.6 Å². The first kappa shape index (κ1) is 39.2. The number of halogens is 1. The Morgan fingerprint density at radius 2 is 1.84 bits per heavy atom. The van der Waals surface area contributed by atoms with Crippen LogP contribution in [0, 0.1) is 11.3 Å². The Morgan fingerprint density at radius 3 is 2.63 bits per heavy atom. The Labute approximate surface area is 344 Å². The van der Waals surface area contributed by atoms with Crippen LogP contribution in [0.2, 0.25) is 5.02 Å². The first-order valence-electron chi connectivity index (χ1n) is 20.0. The van der Waals surface area contributed by atoms with Crippen LogP contribution >= 0.6 is 23.5 Å². The van der Waals surface area contributed by atoms with E-state index in [-0.39, 0.29) is 11.3 Å². The summed E-state index contributed by atoms with van der Waals surface area (Å²) in [5, 5.41) is 5.19. The van der Waals surface area contributed by atoms with Crippen LogP contribution in [0.15, 0.2) is 95.7 Å². The topological polar surface area (TPSA) is 121 Å². The molecule has 0 radical (unpaired) electrons. The number of nitrogen functional groups attached to an aromatic ring is 1. The zero-order valence-electron chi connectivity index (χ0n) is 32.8. The molecule has 1 amide bonds. The second kappa shape index (κ2) is 17.4. The maximum Gasteiger partial charge on any atom is 0.265 e. The number of H-pyrrole nitrogens is 1. The molecule has 0 saturated carbocycles. The minimum atomic E-state index is -0.261. The lowest BCUT2D eigenvalue weighted by molar-refractivity contribution is 0.0699. The molecule has 10 nitrogen and oxygen atoms in total. The van der Waals surface area contributed by atoms with Crippen molar-refractivity contribution in [3.05, 3.63) is 107 Å². The van der Waals surface area contributed by atoms with Crippen LogP contribution in [-0.4, -0.2) is 73.3 Å². The molecule has 3 aliphatic rings. The lowest BCUT2D eigenvalue weighted by atomic mass is 9.72. The third-order valence-electron chi connectivity index (χ3n) is 11.5. The van der Waals surface area contributed by atoms with Gasteiger partial charge in [-0.1, -0.05) is 43.2 Å². The van der Waals surface area contributed by atoms with Gasteiger partial charge in [-0.3, -0.25) is 14.4 Å². The Bertz CT molecular complexity index is 2230. The summed E-state index contributed by atoms with van der Waals surface area (Å²) in [6.45, 7) is 11.8. The number of carbonyl (C=O) groups excluding carboxylic acids is 1. The standard InChI is InChI=1S/C45H52ClN7O3S/c1-45(2)15-11-33(39(26-45)31-3-5-34(46)6-4-31)29-52-17-19-53(20-18-52)35-7-9-38(42(24-35)56-36-23-32-12-16-48-43(32)50-28-36)44(54)51-57-37-8-10-41(40(47)25-37)49-27-30-13-21-55-22-14-30/h3-10,12,16,23-25,28,30,49H,11,13-15,17-22,26-27,29,47H2,1-2H3,(H,48,50)(H,51,54). The molecule has 4 heterocycles. The molecule has 5 N–H and O–H groups in total. The summed E-state index contributed by atoms with van der Waals surface area (Å²) in [6.07, 6.45) is 9.03. The number of aromatic amines is 1. The van der Waals surface area contributed by atoms with Crippen molar-refractivity contribution < 1.29 is 14.3 Å². The van der Waals surface area contributed by atoms with Crippen LogP contribution in [0.4, 0.5) is 17.1 Å². The zero-order chi connectivity index (χ0) is 39.4. The van der Waals surface area contributed by atoms with Crippen molar-refractivity contribution in [1.82, 2.24) is 19.6 Å². The van der Waals surface area contributed by atoms with Gasteiger partial charge < -0.3 is 30.4 Å². The number of nitrogens with one attached hydrogen (secondary N) is 3. The van der Waals surface area contributed by atoms with Crippen LogP contribution in [-0.2, 0) is 4.74 Å². The van der Waals surface area contributed by atoms with Crippen molar-refractivity contribution in [1.29, 1.82) is 0 Å². The first-order valence-corrected chi connectivity index (χ1v) is 21.2. The van der Waals surface area contributed by atoms with Crippen molar-refractivity contribution in [2.75, 3.05) is 68.4 Å². The Morgan fingerprint density at radius 1 is 1.04 bits per heavy atom. The summed E-state index contributed by atoms with van der Waals surface area (Å²) >= 11 is 7.49. The van der Waals surface area contributed by atoms with Gasteiger partial charge >= 0.3 is 0 Å². The Balaban J connectivity index is 0.951. The number of amides is 1.